The summed E-state index contributed by atoms with van der Waals surface area (Å²) < 4.78 is 0. The Bertz CT molecular complexity index is 240. The molecule has 66 valence electrons. The number of rotatable bonds is 0. The van der Waals surface area contributed by atoms with Crippen molar-refractivity contribution >= 4 is 11.7 Å². The summed E-state index contributed by atoms with van der Waals surface area (Å²) in [5, 5.41) is 15.2. The molecule has 0 radical (unpaired) electrons. The van der Waals surface area contributed by atoms with Crippen molar-refractivity contribution in [2.75, 3.05) is 6.54 Å². The minimum absolute atomic E-state index is 0.402. The van der Waals surface area contributed by atoms with Crippen LogP contribution in [0, 0.1) is 16.2 Å². The summed E-state index contributed by atoms with van der Waals surface area (Å²) in [5.74, 6) is 1.19. The Hall–Kier alpha value is -0.860. The fourth-order valence-electron chi connectivity index (χ4n) is 2.27. The van der Waals surface area contributed by atoms with Crippen molar-refractivity contribution in [3.63, 3.8) is 0 Å². The van der Waals surface area contributed by atoms with Gasteiger partial charge in [-0.25, -0.2) is 0 Å². The standard InChI is InChI=1S/C9H15N3/c1-7(10)12-6-9(3-2-4-9)5-8(12)11/h10-11H,2-6H2,1H3. The van der Waals surface area contributed by atoms with E-state index in [1.165, 1.54) is 19.3 Å². The Balaban J connectivity index is 2.12. The molecule has 0 atom stereocenters. The Labute approximate surface area is 72.8 Å². The van der Waals surface area contributed by atoms with Crippen LogP contribution in [-0.2, 0) is 0 Å². The largest absolute Gasteiger partial charge is 0.319 e. The molecule has 0 amide bonds. The van der Waals surface area contributed by atoms with E-state index in [1.807, 2.05) is 4.90 Å². The molecular weight excluding hydrogens is 150 g/mol. The van der Waals surface area contributed by atoms with Crippen molar-refractivity contribution in [2.24, 2.45) is 5.41 Å². The van der Waals surface area contributed by atoms with Gasteiger partial charge in [-0.3, -0.25) is 10.8 Å². The average Bonchev–Trinajstić information content (AvgIpc) is 2.26. The quantitative estimate of drug-likeness (QED) is 0.417. The lowest BCUT2D eigenvalue weighted by Gasteiger charge is -2.37. The first-order valence-corrected chi connectivity index (χ1v) is 4.53. The lowest BCUT2D eigenvalue weighted by atomic mass is 9.68. The van der Waals surface area contributed by atoms with Crippen molar-refractivity contribution in [1.29, 1.82) is 10.8 Å². The molecule has 2 N–H and O–H groups in total. The molecule has 3 heteroatoms. The van der Waals surface area contributed by atoms with Gasteiger partial charge in [-0.1, -0.05) is 6.42 Å². The monoisotopic (exact) mass is 165 g/mol. The average molecular weight is 165 g/mol. The van der Waals surface area contributed by atoms with Crippen LogP contribution < -0.4 is 0 Å². The van der Waals surface area contributed by atoms with Crippen LogP contribution >= 0.6 is 0 Å². The highest BCUT2D eigenvalue weighted by Crippen LogP contribution is 2.48. The van der Waals surface area contributed by atoms with E-state index in [0.29, 0.717) is 17.1 Å². The summed E-state index contributed by atoms with van der Waals surface area (Å²) in [4.78, 5) is 1.85. The zero-order valence-electron chi connectivity index (χ0n) is 7.48. The van der Waals surface area contributed by atoms with E-state index >= 15 is 0 Å². The molecule has 1 aliphatic carbocycles. The van der Waals surface area contributed by atoms with Crippen LogP contribution in [-0.4, -0.2) is 23.1 Å². The molecule has 0 aromatic carbocycles. The van der Waals surface area contributed by atoms with E-state index in [4.69, 9.17) is 10.8 Å². The van der Waals surface area contributed by atoms with Crippen molar-refractivity contribution < 1.29 is 0 Å². The molecule has 1 saturated heterocycles. The summed E-state index contributed by atoms with van der Waals surface area (Å²) in [5.41, 5.74) is 0.402. The Morgan fingerprint density at radius 1 is 1.50 bits per heavy atom. The second kappa shape index (κ2) is 2.31. The fourth-order valence-corrected chi connectivity index (χ4v) is 2.27. The third kappa shape index (κ3) is 0.958. The van der Waals surface area contributed by atoms with Gasteiger partial charge in [0, 0.05) is 13.0 Å². The van der Waals surface area contributed by atoms with E-state index in [0.717, 1.165) is 13.0 Å². The zero-order chi connectivity index (χ0) is 8.77. The van der Waals surface area contributed by atoms with Gasteiger partial charge in [-0.2, -0.15) is 0 Å². The van der Waals surface area contributed by atoms with Crippen LogP contribution in [0.15, 0.2) is 0 Å². The van der Waals surface area contributed by atoms with Crippen molar-refractivity contribution in [3.8, 4) is 0 Å². The van der Waals surface area contributed by atoms with Crippen LogP contribution in [0.2, 0.25) is 0 Å². The minimum Gasteiger partial charge on any atom is -0.319 e. The van der Waals surface area contributed by atoms with Gasteiger partial charge >= 0.3 is 0 Å². The Morgan fingerprint density at radius 3 is 2.42 bits per heavy atom. The number of nitrogens with zero attached hydrogens (tertiary/aromatic N) is 1. The second-order valence-corrected chi connectivity index (χ2v) is 4.15. The molecule has 1 saturated carbocycles. The van der Waals surface area contributed by atoms with Crippen LogP contribution in [0.4, 0.5) is 0 Å². The summed E-state index contributed by atoms with van der Waals surface area (Å²) in [6.45, 7) is 2.70. The number of amidine groups is 2. The molecule has 1 aliphatic heterocycles. The predicted molar refractivity (Wildman–Crippen MR) is 48.7 cm³/mol. The summed E-state index contributed by atoms with van der Waals surface area (Å²) >= 11 is 0. The highest BCUT2D eigenvalue weighted by atomic mass is 15.2. The van der Waals surface area contributed by atoms with E-state index in [-0.39, 0.29) is 0 Å². The van der Waals surface area contributed by atoms with Gasteiger partial charge < -0.3 is 4.90 Å². The van der Waals surface area contributed by atoms with Gasteiger partial charge in [0.2, 0.25) is 0 Å². The maximum Gasteiger partial charge on any atom is 0.102 e. The summed E-state index contributed by atoms with van der Waals surface area (Å²) in [6.07, 6.45) is 4.75. The molecular formula is C9H15N3. The molecule has 0 bridgehead atoms. The normalized spacial score (nSPS) is 26.1. The smallest absolute Gasteiger partial charge is 0.102 e. The predicted octanol–water partition coefficient (Wildman–Crippen LogP) is 1.84. The van der Waals surface area contributed by atoms with Gasteiger partial charge in [-0.15, -0.1) is 0 Å². The van der Waals surface area contributed by atoms with Crippen molar-refractivity contribution in [3.05, 3.63) is 0 Å². The molecule has 0 unspecified atom stereocenters. The number of likely N-dealkylation sites (tertiary alicyclic amines) is 1. The third-order valence-corrected chi connectivity index (χ3v) is 3.18. The number of hydrogen-bond acceptors (Lipinski definition) is 2. The topological polar surface area (TPSA) is 50.9 Å². The molecule has 2 aliphatic rings. The van der Waals surface area contributed by atoms with Crippen LogP contribution in [0.1, 0.15) is 32.6 Å². The first kappa shape index (κ1) is 7.77. The fraction of sp³-hybridized carbons (Fsp3) is 0.778. The zero-order valence-corrected chi connectivity index (χ0v) is 7.48. The third-order valence-electron chi connectivity index (χ3n) is 3.18. The molecule has 1 heterocycles. The van der Waals surface area contributed by atoms with Gasteiger partial charge in [0.1, 0.15) is 5.84 Å². The maximum atomic E-state index is 7.71. The molecule has 12 heavy (non-hydrogen) atoms. The summed E-state index contributed by atoms with van der Waals surface area (Å²) in [6, 6.07) is 0. The highest BCUT2D eigenvalue weighted by Gasteiger charge is 2.45. The Morgan fingerprint density at radius 2 is 2.17 bits per heavy atom. The van der Waals surface area contributed by atoms with E-state index in [9.17, 15) is 0 Å². The van der Waals surface area contributed by atoms with Crippen LogP contribution in [0.5, 0.6) is 0 Å². The van der Waals surface area contributed by atoms with E-state index in [2.05, 4.69) is 0 Å². The van der Waals surface area contributed by atoms with Crippen LogP contribution in [0.25, 0.3) is 0 Å². The van der Waals surface area contributed by atoms with E-state index < -0.39 is 0 Å². The molecule has 2 fully saturated rings. The highest BCUT2D eigenvalue weighted by molar-refractivity contribution is 5.98. The van der Waals surface area contributed by atoms with Crippen LogP contribution in [0.3, 0.4) is 0 Å². The number of hydrogen-bond donors (Lipinski definition) is 2. The van der Waals surface area contributed by atoms with Gasteiger partial charge in [0.05, 0.1) is 5.84 Å². The van der Waals surface area contributed by atoms with Gasteiger partial charge in [0.15, 0.2) is 0 Å². The second-order valence-electron chi connectivity index (χ2n) is 4.15. The Kier molecular flexibility index (Phi) is 1.50. The van der Waals surface area contributed by atoms with Crippen molar-refractivity contribution in [2.45, 2.75) is 32.6 Å². The lowest BCUT2D eigenvalue weighted by Crippen LogP contribution is -2.35. The summed E-state index contributed by atoms with van der Waals surface area (Å²) in [7, 11) is 0. The SMILES string of the molecule is CC(=N)N1CC2(CCC2)CC1=N. The first-order chi connectivity index (χ1) is 5.63. The minimum atomic E-state index is 0.402. The first-order valence-electron chi connectivity index (χ1n) is 4.53. The number of nitrogens with one attached hydrogen (secondary N) is 2. The van der Waals surface area contributed by atoms with Gasteiger partial charge in [0.25, 0.3) is 0 Å². The maximum absolute atomic E-state index is 7.71. The molecule has 3 nitrogen and oxygen atoms in total. The molecule has 1 spiro atoms. The van der Waals surface area contributed by atoms with Gasteiger partial charge in [-0.05, 0) is 25.2 Å². The van der Waals surface area contributed by atoms with E-state index in [1.54, 1.807) is 6.92 Å². The lowest BCUT2D eigenvalue weighted by molar-refractivity contribution is 0.152. The van der Waals surface area contributed by atoms with Crippen molar-refractivity contribution in [1.82, 2.24) is 4.90 Å². The molecule has 0 aromatic heterocycles. The molecule has 2 rings (SSSR count). The molecule has 0 aromatic rings.